The van der Waals surface area contributed by atoms with Gasteiger partial charge in [-0.2, -0.15) is 0 Å². The highest BCUT2D eigenvalue weighted by molar-refractivity contribution is 6.33. The Morgan fingerprint density at radius 1 is 0.821 bits per heavy atom. The third-order valence-electron chi connectivity index (χ3n) is 13.0. The Balaban J connectivity index is 1.14. The standard InChI is InChI=1S/C45H41Cl2N3O6/c1-56-37-22-27(21-36(47)40(37)51)39-32-15-16-33-38(43(54)49(41(33)52)30-17-19-48(20-18-30)25-26-9-4-2-5-10-26)34(32)24-35-42(53)50(31-14-8-13-29(46)23-31)44(55)45(35,39)28-11-6-3-7-12-28/h2-15,21-23,30,33-35,38-39,51H,16-20,24-25H2,1H3. The molecule has 286 valence electrons. The molecule has 0 spiro atoms. The number of aromatic hydroxyl groups is 1. The second-order valence-corrected chi connectivity index (χ2v) is 16.5. The van der Waals surface area contributed by atoms with Gasteiger partial charge in [0, 0.05) is 36.6 Å². The molecule has 4 aromatic rings. The van der Waals surface area contributed by atoms with Crippen molar-refractivity contribution in [2.45, 2.75) is 49.6 Å². The second-order valence-electron chi connectivity index (χ2n) is 15.7. The highest BCUT2D eigenvalue weighted by Gasteiger charge is 2.70. The number of halogens is 2. The summed E-state index contributed by atoms with van der Waals surface area (Å²) in [5.74, 6) is -4.82. The minimum absolute atomic E-state index is 0.0240. The molecule has 6 unspecified atom stereocenters. The molecule has 11 heteroatoms. The van der Waals surface area contributed by atoms with Crippen LogP contribution in [0.1, 0.15) is 48.3 Å². The van der Waals surface area contributed by atoms with Crippen LogP contribution in [-0.2, 0) is 31.1 Å². The molecular weight excluding hydrogens is 749 g/mol. The van der Waals surface area contributed by atoms with Gasteiger partial charge in [0.15, 0.2) is 11.5 Å². The van der Waals surface area contributed by atoms with Crippen LogP contribution in [-0.4, -0.2) is 64.8 Å². The molecule has 0 radical (unpaired) electrons. The van der Waals surface area contributed by atoms with E-state index in [9.17, 15) is 14.7 Å². The number of hydrogen-bond donors (Lipinski definition) is 1. The number of likely N-dealkylation sites (tertiary alicyclic amines) is 2. The van der Waals surface area contributed by atoms with Gasteiger partial charge in [-0.25, -0.2) is 4.90 Å². The SMILES string of the molecule is COc1cc(C2C3=CCC4C(=O)N(C5CCN(Cc6ccccc6)CC5)C(=O)C4C3CC3C(=O)N(c4cccc(Cl)c4)C(=O)C32c2ccccc2)cc(Cl)c1O. The Morgan fingerprint density at radius 2 is 1.54 bits per heavy atom. The Labute approximate surface area is 335 Å². The lowest BCUT2D eigenvalue weighted by Crippen LogP contribution is -2.53. The minimum atomic E-state index is -1.47. The van der Waals surface area contributed by atoms with Gasteiger partial charge in [0.05, 0.1) is 41.0 Å². The van der Waals surface area contributed by atoms with Gasteiger partial charge in [0.1, 0.15) is 0 Å². The van der Waals surface area contributed by atoms with Crippen molar-refractivity contribution in [1.82, 2.24) is 9.80 Å². The van der Waals surface area contributed by atoms with E-state index in [0.29, 0.717) is 41.1 Å². The van der Waals surface area contributed by atoms with Crippen molar-refractivity contribution in [3.8, 4) is 11.5 Å². The number of imide groups is 2. The normalized spacial score (nSPS) is 27.9. The molecule has 4 amide bonds. The lowest BCUT2D eigenvalue weighted by molar-refractivity contribution is -0.144. The number of amides is 4. The summed E-state index contributed by atoms with van der Waals surface area (Å²) in [5.41, 5.74) is 2.11. The molecule has 3 aliphatic heterocycles. The van der Waals surface area contributed by atoms with Crippen LogP contribution < -0.4 is 9.64 Å². The molecule has 4 aromatic carbocycles. The Hall–Kier alpha value is -4.96. The number of rotatable bonds is 7. The van der Waals surface area contributed by atoms with Crippen LogP contribution in [0.25, 0.3) is 0 Å². The van der Waals surface area contributed by atoms with E-state index in [-0.39, 0.29) is 40.8 Å². The first kappa shape index (κ1) is 36.7. The maximum absolute atomic E-state index is 15.5. The van der Waals surface area contributed by atoms with Crippen molar-refractivity contribution >= 4 is 52.5 Å². The summed E-state index contributed by atoms with van der Waals surface area (Å²) >= 11 is 13.1. The molecular formula is C45H41Cl2N3O6. The van der Waals surface area contributed by atoms with Gasteiger partial charge in [0.25, 0.3) is 0 Å². The third-order valence-corrected chi connectivity index (χ3v) is 13.5. The first-order chi connectivity index (χ1) is 27.1. The predicted molar refractivity (Wildman–Crippen MR) is 212 cm³/mol. The minimum Gasteiger partial charge on any atom is -0.503 e. The molecule has 1 saturated carbocycles. The molecule has 56 heavy (non-hydrogen) atoms. The van der Waals surface area contributed by atoms with Crippen LogP contribution >= 0.6 is 23.2 Å². The maximum Gasteiger partial charge on any atom is 0.246 e. The second kappa shape index (κ2) is 14.2. The zero-order valence-corrected chi connectivity index (χ0v) is 32.3. The molecule has 6 atom stereocenters. The number of methoxy groups -OCH3 is 1. The first-order valence-electron chi connectivity index (χ1n) is 19.2. The third kappa shape index (κ3) is 5.61. The van der Waals surface area contributed by atoms with E-state index in [1.165, 1.54) is 17.6 Å². The number of carbonyl (C=O) groups excluding carboxylic acids is 4. The number of benzene rings is 4. The lowest BCUT2D eigenvalue weighted by atomic mass is 9.49. The van der Waals surface area contributed by atoms with Gasteiger partial charge < -0.3 is 9.84 Å². The van der Waals surface area contributed by atoms with Gasteiger partial charge in [-0.3, -0.25) is 29.0 Å². The van der Waals surface area contributed by atoms with E-state index in [2.05, 4.69) is 17.0 Å². The summed E-state index contributed by atoms with van der Waals surface area (Å²) in [6, 6.07) is 29.3. The number of piperidine rings is 1. The van der Waals surface area contributed by atoms with E-state index < -0.39 is 46.8 Å². The number of carbonyl (C=O) groups is 4. The smallest absolute Gasteiger partial charge is 0.246 e. The van der Waals surface area contributed by atoms with E-state index in [4.69, 9.17) is 27.9 Å². The molecule has 5 aliphatic rings. The summed E-state index contributed by atoms with van der Waals surface area (Å²) in [6.07, 6.45) is 3.90. The summed E-state index contributed by atoms with van der Waals surface area (Å²) in [4.78, 5) is 64.9. The van der Waals surface area contributed by atoms with Gasteiger partial charge in [-0.15, -0.1) is 0 Å². The molecule has 9 rings (SSSR count). The van der Waals surface area contributed by atoms with Crippen LogP contribution in [0.2, 0.25) is 10.0 Å². The molecule has 9 nitrogen and oxygen atoms in total. The first-order valence-corrected chi connectivity index (χ1v) is 20.0. The maximum atomic E-state index is 15.5. The number of allylic oxidation sites excluding steroid dienone is 2. The fourth-order valence-electron chi connectivity index (χ4n) is 10.6. The lowest BCUT2D eigenvalue weighted by Gasteiger charge is -2.50. The molecule has 3 saturated heterocycles. The van der Waals surface area contributed by atoms with Gasteiger partial charge in [-0.05, 0) is 78.6 Å². The largest absolute Gasteiger partial charge is 0.503 e. The fourth-order valence-corrected chi connectivity index (χ4v) is 11.0. The average Bonchev–Trinajstić information content (AvgIpc) is 3.60. The number of nitrogens with zero attached hydrogens (tertiary/aromatic N) is 3. The summed E-state index contributed by atoms with van der Waals surface area (Å²) in [7, 11) is 1.42. The predicted octanol–water partition coefficient (Wildman–Crippen LogP) is 7.53. The van der Waals surface area contributed by atoms with Gasteiger partial charge in [0.2, 0.25) is 23.6 Å². The monoisotopic (exact) mass is 789 g/mol. The van der Waals surface area contributed by atoms with Crippen molar-refractivity contribution in [1.29, 1.82) is 0 Å². The van der Waals surface area contributed by atoms with E-state index in [0.717, 1.165) is 25.2 Å². The molecule has 0 bridgehead atoms. The topological polar surface area (TPSA) is 107 Å². The van der Waals surface area contributed by atoms with E-state index in [1.807, 2.05) is 54.6 Å². The summed E-state index contributed by atoms with van der Waals surface area (Å²) in [5, 5.41) is 11.3. The van der Waals surface area contributed by atoms with Crippen LogP contribution in [0.4, 0.5) is 5.69 Å². The zero-order valence-electron chi connectivity index (χ0n) is 30.8. The van der Waals surface area contributed by atoms with Crippen LogP contribution in [0, 0.1) is 23.7 Å². The van der Waals surface area contributed by atoms with Crippen LogP contribution in [0.15, 0.2) is 109 Å². The summed E-state index contributed by atoms with van der Waals surface area (Å²) < 4.78 is 5.58. The average molecular weight is 791 g/mol. The highest BCUT2D eigenvalue weighted by atomic mass is 35.5. The molecule has 0 aromatic heterocycles. The van der Waals surface area contributed by atoms with Crippen LogP contribution in [0.3, 0.4) is 0 Å². The van der Waals surface area contributed by atoms with Gasteiger partial charge >= 0.3 is 0 Å². The Morgan fingerprint density at radius 3 is 2.23 bits per heavy atom. The van der Waals surface area contributed by atoms with Crippen LogP contribution in [0.5, 0.6) is 11.5 Å². The highest BCUT2D eigenvalue weighted by Crippen LogP contribution is 2.65. The number of anilines is 1. The molecule has 3 heterocycles. The molecule has 1 N–H and O–H groups in total. The molecule has 4 fully saturated rings. The van der Waals surface area contributed by atoms with E-state index in [1.54, 1.807) is 41.3 Å². The van der Waals surface area contributed by atoms with Crippen molar-refractivity contribution in [2.75, 3.05) is 25.1 Å². The van der Waals surface area contributed by atoms with Gasteiger partial charge in [-0.1, -0.05) is 102 Å². The van der Waals surface area contributed by atoms with Crippen molar-refractivity contribution in [2.24, 2.45) is 23.7 Å². The number of phenolic OH excluding ortho intramolecular Hbond substituents is 1. The quantitative estimate of drug-likeness (QED) is 0.152. The Kier molecular flexibility index (Phi) is 9.30. The van der Waals surface area contributed by atoms with Crippen molar-refractivity contribution in [3.63, 3.8) is 0 Å². The number of phenols is 1. The van der Waals surface area contributed by atoms with Crippen molar-refractivity contribution in [3.05, 3.63) is 135 Å². The molecule has 2 aliphatic carbocycles. The number of fused-ring (bicyclic) bond motifs is 4. The fraction of sp³-hybridized carbons (Fsp3) is 0.333. The Bertz CT molecular complexity index is 2280. The summed E-state index contributed by atoms with van der Waals surface area (Å²) in [6.45, 7) is 2.34. The van der Waals surface area contributed by atoms with Crippen molar-refractivity contribution < 1.29 is 29.0 Å². The number of hydrogen-bond acceptors (Lipinski definition) is 7. The van der Waals surface area contributed by atoms with E-state index >= 15 is 9.59 Å². The number of ether oxygens (including phenoxy) is 1. The zero-order chi connectivity index (χ0) is 38.9.